The maximum Gasteiger partial charge on any atom is 0.268 e. The monoisotopic (exact) mass is 338 g/mol. The minimum atomic E-state index is 0.0485. The summed E-state index contributed by atoms with van der Waals surface area (Å²) in [7, 11) is 0. The van der Waals surface area contributed by atoms with E-state index in [1.807, 2.05) is 6.07 Å². The molecule has 1 aromatic carbocycles. The minimum absolute atomic E-state index is 0.0485. The van der Waals surface area contributed by atoms with Gasteiger partial charge in [0.2, 0.25) is 0 Å². The fourth-order valence-corrected chi connectivity index (χ4v) is 3.82. The zero-order valence-corrected chi connectivity index (χ0v) is 14.7. The molecule has 132 valence electrons. The van der Waals surface area contributed by atoms with E-state index < -0.39 is 0 Å². The Morgan fingerprint density at radius 1 is 0.920 bits per heavy atom. The molecule has 2 heterocycles. The van der Waals surface area contributed by atoms with Crippen LogP contribution < -0.4 is 5.56 Å². The van der Waals surface area contributed by atoms with Gasteiger partial charge in [-0.05, 0) is 36.8 Å². The molecular weight excluding hydrogens is 312 g/mol. The molecule has 1 saturated heterocycles. The van der Waals surface area contributed by atoms with Crippen molar-refractivity contribution in [2.75, 3.05) is 26.2 Å². The molecule has 1 fully saturated rings. The molecule has 2 aliphatic rings. The lowest BCUT2D eigenvalue weighted by Crippen LogP contribution is -2.47. The molecule has 1 aliphatic carbocycles. The molecular formula is C20H26N4O. The molecule has 5 nitrogen and oxygen atoms in total. The fourth-order valence-electron chi connectivity index (χ4n) is 3.82. The average molecular weight is 338 g/mol. The van der Waals surface area contributed by atoms with Gasteiger partial charge in [0.05, 0.1) is 12.4 Å². The summed E-state index contributed by atoms with van der Waals surface area (Å²) >= 11 is 0. The summed E-state index contributed by atoms with van der Waals surface area (Å²) in [6.45, 7) is 5.66. The van der Waals surface area contributed by atoms with E-state index in [0.29, 0.717) is 6.67 Å². The molecule has 5 heteroatoms. The van der Waals surface area contributed by atoms with E-state index in [4.69, 9.17) is 0 Å². The molecule has 2 aromatic rings. The van der Waals surface area contributed by atoms with E-state index in [-0.39, 0.29) is 5.56 Å². The van der Waals surface area contributed by atoms with Gasteiger partial charge in [0, 0.05) is 38.8 Å². The summed E-state index contributed by atoms with van der Waals surface area (Å²) in [6.07, 6.45) is 4.40. The van der Waals surface area contributed by atoms with Crippen molar-refractivity contribution in [3.8, 4) is 0 Å². The summed E-state index contributed by atoms with van der Waals surface area (Å²) < 4.78 is 1.66. The van der Waals surface area contributed by atoms with Gasteiger partial charge in [-0.1, -0.05) is 30.3 Å². The summed E-state index contributed by atoms with van der Waals surface area (Å²) in [5.74, 6) is 0. The van der Waals surface area contributed by atoms with Crippen LogP contribution in [0.4, 0.5) is 0 Å². The minimum Gasteiger partial charge on any atom is -0.297 e. The summed E-state index contributed by atoms with van der Waals surface area (Å²) in [5, 5.41) is 4.64. The Labute approximate surface area is 148 Å². The standard InChI is InChI=1S/C20H26N4O/c25-20-14-18-8-4-5-9-19(18)21-24(20)16-23-12-10-22(11-13-23)15-17-6-2-1-3-7-17/h1-3,6-7,14H,4-5,8-13,15-16H2. The van der Waals surface area contributed by atoms with Crippen molar-refractivity contribution in [3.05, 3.63) is 63.6 Å². The highest BCUT2D eigenvalue weighted by atomic mass is 16.1. The smallest absolute Gasteiger partial charge is 0.268 e. The number of piperazine rings is 1. The van der Waals surface area contributed by atoms with Gasteiger partial charge in [-0.15, -0.1) is 0 Å². The summed E-state index contributed by atoms with van der Waals surface area (Å²) in [4.78, 5) is 17.2. The van der Waals surface area contributed by atoms with Crippen LogP contribution in [0.2, 0.25) is 0 Å². The Bertz CT molecular complexity index is 763. The average Bonchev–Trinajstić information content (AvgIpc) is 2.65. The molecule has 25 heavy (non-hydrogen) atoms. The second-order valence-electron chi connectivity index (χ2n) is 7.18. The summed E-state index contributed by atoms with van der Waals surface area (Å²) in [6, 6.07) is 12.4. The van der Waals surface area contributed by atoms with Crippen molar-refractivity contribution >= 4 is 0 Å². The van der Waals surface area contributed by atoms with Crippen molar-refractivity contribution in [3.63, 3.8) is 0 Å². The normalized spacial score (nSPS) is 18.9. The maximum absolute atomic E-state index is 12.3. The number of benzene rings is 1. The lowest BCUT2D eigenvalue weighted by molar-refractivity contribution is 0.0966. The first-order chi connectivity index (χ1) is 12.3. The second kappa shape index (κ2) is 7.50. The Morgan fingerprint density at radius 3 is 2.44 bits per heavy atom. The van der Waals surface area contributed by atoms with E-state index >= 15 is 0 Å². The van der Waals surface area contributed by atoms with Gasteiger partial charge in [-0.2, -0.15) is 5.10 Å². The molecule has 0 amide bonds. The second-order valence-corrected chi connectivity index (χ2v) is 7.18. The van der Waals surface area contributed by atoms with Crippen LogP contribution in [-0.4, -0.2) is 45.8 Å². The van der Waals surface area contributed by atoms with Crippen LogP contribution in [0.25, 0.3) is 0 Å². The van der Waals surface area contributed by atoms with E-state index in [9.17, 15) is 4.79 Å². The van der Waals surface area contributed by atoms with Crippen LogP contribution >= 0.6 is 0 Å². The zero-order chi connectivity index (χ0) is 17.1. The largest absolute Gasteiger partial charge is 0.297 e. The van der Waals surface area contributed by atoms with E-state index in [2.05, 4.69) is 45.2 Å². The first-order valence-electron chi connectivity index (χ1n) is 9.36. The third kappa shape index (κ3) is 3.99. The van der Waals surface area contributed by atoms with E-state index in [1.54, 1.807) is 4.68 Å². The van der Waals surface area contributed by atoms with Crippen molar-refractivity contribution in [1.82, 2.24) is 19.6 Å². The Kier molecular flexibility index (Phi) is 4.95. The predicted molar refractivity (Wildman–Crippen MR) is 98.4 cm³/mol. The number of rotatable bonds is 4. The predicted octanol–water partition coefficient (Wildman–Crippen LogP) is 1.90. The SMILES string of the molecule is O=c1cc2c(nn1CN1CCN(Cc3ccccc3)CC1)CCCC2. The van der Waals surface area contributed by atoms with Gasteiger partial charge in [0.1, 0.15) is 0 Å². The van der Waals surface area contributed by atoms with Crippen molar-refractivity contribution in [2.45, 2.75) is 38.9 Å². The number of hydrogen-bond donors (Lipinski definition) is 0. The molecule has 0 unspecified atom stereocenters. The number of hydrogen-bond acceptors (Lipinski definition) is 4. The lowest BCUT2D eigenvalue weighted by atomic mass is 9.97. The van der Waals surface area contributed by atoms with Crippen LogP contribution in [0.5, 0.6) is 0 Å². The highest BCUT2D eigenvalue weighted by molar-refractivity contribution is 5.20. The molecule has 0 spiro atoms. The van der Waals surface area contributed by atoms with Crippen LogP contribution in [0.1, 0.15) is 29.7 Å². The number of aromatic nitrogens is 2. The molecule has 0 N–H and O–H groups in total. The molecule has 0 bridgehead atoms. The Morgan fingerprint density at radius 2 is 1.64 bits per heavy atom. The molecule has 0 saturated carbocycles. The molecule has 1 aromatic heterocycles. The lowest BCUT2D eigenvalue weighted by Gasteiger charge is -2.34. The van der Waals surface area contributed by atoms with Crippen LogP contribution in [0, 0.1) is 0 Å². The molecule has 0 atom stereocenters. The van der Waals surface area contributed by atoms with Gasteiger partial charge in [0.25, 0.3) is 5.56 Å². The maximum atomic E-state index is 12.3. The van der Waals surface area contributed by atoms with Crippen LogP contribution in [-0.2, 0) is 26.1 Å². The molecule has 0 radical (unpaired) electrons. The van der Waals surface area contributed by atoms with Crippen molar-refractivity contribution < 1.29 is 0 Å². The van der Waals surface area contributed by atoms with Gasteiger partial charge < -0.3 is 0 Å². The Hall–Kier alpha value is -1.98. The van der Waals surface area contributed by atoms with Crippen LogP contribution in [0.3, 0.4) is 0 Å². The third-order valence-corrected chi connectivity index (χ3v) is 5.32. The van der Waals surface area contributed by atoms with E-state index in [1.165, 1.54) is 24.0 Å². The Balaban J connectivity index is 1.35. The first kappa shape index (κ1) is 16.5. The number of nitrogens with zero attached hydrogens (tertiary/aromatic N) is 4. The van der Waals surface area contributed by atoms with Gasteiger partial charge in [-0.25, -0.2) is 4.68 Å². The van der Waals surface area contributed by atoms with Gasteiger partial charge in [-0.3, -0.25) is 14.6 Å². The highest BCUT2D eigenvalue weighted by Gasteiger charge is 2.19. The van der Waals surface area contributed by atoms with Crippen molar-refractivity contribution in [2.24, 2.45) is 0 Å². The topological polar surface area (TPSA) is 41.4 Å². The molecule has 4 rings (SSSR count). The van der Waals surface area contributed by atoms with E-state index in [0.717, 1.165) is 51.3 Å². The van der Waals surface area contributed by atoms with Crippen LogP contribution in [0.15, 0.2) is 41.2 Å². The van der Waals surface area contributed by atoms with Gasteiger partial charge >= 0.3 is 0 Å². The van der Waals surface area contributed by atoms with Gasteiger partial charge in [0.15, 0.2) is 0 Å². The van der Waals surface area contributed by atoms with Crippen molar-refractivity contribution in [1.29, 1.82) is 0 Å². The fraction of sp³-hybridized carbons (Fsp3) is 0.500. The first-order valence-corrected chi connectivity index (χ1v) is 9.36. The quantitative estimate of drug-likeness (QED) is 0.854. The third-order valence-electron chi connectivity index (χ3n) is 5.32. The highest BCUT2D eigenvalue weighted by Crippen LogP contribution is 2.17. The number of fused-ring (bicyclic) bond motifs is 1. The molecule has 1 aliphatic heterocycles. The number of aryl methyl sites for hydroxylation is 2. The summed E-state index contributed by atoms with van der Waals surface area (Å²) in [5.41, 5.74) is 3.71. The zero-order valence-electron chi connectivity index (χ0n) is 14.7.